The van der Waals surface area contributed by atoms with Crippen molar-refractivity contribution in [3.63, 3.8) is 0 Å². The molecule has 0 bridgehead atoms. The molecule has 25 heavy (non-hydrogen) atoms. The van der Waals surface area contributed by atoms with E-state index in [0.29, 0.717) is 31.1 Å². The minimum Gasteiger partial charge on any atom is -0.467 e. The van der Waals surface area contributed by atoms with Gasteiger partial charge in [0.2, 0.25) is 5.91 Å². The summed E-state index contributed by atoms with van der Waals surface area (Å²) in [5.74, 6) is 0.377. The molecule has 0 unspecified atom stereocenters. The summed E-state index contributed by atoms with van der Waals surface area (Å²) in [6.07, 6.45) is 6.69. The maximum atomic E-state index is 12.6. The molecule has 0 saturated heterocycles. The Kier molecular flexibility index (Phi) is 7.13. The first-order chi connectivity index (χ1) is 12.1. The number of carbonyl (C=O) groups excluding carboxylic acids is 2. The lowest BCUT2D eigenvalue weighted by molar-refractivity contribution is -0.121. The number of carbonyl (C=O) groups is 2. The SMILES string of the molecule is CCCCN(CCC(=O)NCc1ccco1)C(=O)c1cnc(C)cn1. The third-order valence-electron chi connectivity index (χ3n) is 3.72. The summed E-state index contributed by atoms with van der Waals surface area (Å²) in [7, 11) is 0. The highest BCUT2D eigenvalue weighted by atomic mass is 16.3. The summed E-state index contributed by atoms with van der Waals surface area (Å²) in [5.41, 5.74) is 1.06. The van der Waals surface area contributed by atoms with Crippen molar-refractivity contribution in [1.82, 2.24) is 20.2 Å². The van der Waals surface area contributed by atoms with Crippen LogP contribution in [0.5, 0.6) is 0 Å². The van der Waals surface area contributed by atoms with Crippen molar-refractivity contribution in [2.75, 3.05) is 13.1 Å². The summed E-state index contributed by atoms with van der Waals surface area (Å²) in [6.45, 7) is 5.16. The van der Waals surface area contributed by atoms with Gasteiger partial charge >= 0.3 is 0 Å². The number of furan rings is 1. The van der Waals surface area contributed by atoms with Crippen LogP contribution >= 0.6 is 0 Å². The molecule has 2 aromatic rings. The molecule has 0 aliphatic rings. The average Bonchev–Trinajstić information content (AvgIpc) is 3.14. The van der Waals surface area contributed by atoms with E-state index >= 15 is 0 Å². The molecule has 0 spiro atoms. The minimum atomic E-state index is -0.195. The largest absolute Gasteiger partial charge is 0.467 e. The zero-order chi connectivity index (χ0) is 18.1. The van der Waals surface area contributed by atoms with E-state index in [1.807, 2.05) is 6.92 Å². The molecule has 2 amide bonds. The fourth-order valence-electron chi connectivity index (χ4n) is 2.25. The van der Waals surface area contributed by atoms with Crippen LogP contribution in [0.4, 0.5) is 0 Å². The first-order valence-corrected chi connectivity index (χ1v) is 8.47. The van der Waals surface area contributed by atoms with Crippen LogP contribution in [0.1, 0.15) is 48.1 Å². The van der Waals surface area contributed by atoms with Crippen LogP contribution in [-0.2, 0) is 11.3 Å². The van der Waals surface area contributed by atoms with Crippen LogP contribution in [0.3, 0.4) is 0 Å². The summed E-state index contributed by atoms with van der Waals surface area (Å²) in [4.78, 5) is 34.5. The Morgan fingerprint density at radius 2 is 2.08 bits per heavy atom. The number of nitrogens with one attached hydrogen (secondary N) is 1. The molecule has 0 atom stereocenters. The Balaban J connectivity index is 1.88. The van der Waals surface area contributed by atoms with Gasteiger partial charge in [-0.25, -0.2) is 4.98 Å². The molecule has 1 N–H and O–H groups in total. The zero-order valence-electron chi connectivity index (χ0n) is 14.7. The highest BCUT2D eigenvalue weighted by molar-refractivity contribution is 5.92. The third-order valence-corrected chi connectivity index (χ3v) is 3.72. The van der Waals surface area contributed by atoms with Crippen molar-refractivity contribution in [3.05, 3.63) is 47.9 Å². The van der Waals surface area contributed by atoms with Crippen molar-refractivity contribution in [2.24, 2.45) is 0 Å². The molecular formula is C18H24N4O3. The fourth-order valence-corrected chi connectivity index (χ4v) is 2.25. The van der Waals surface area contributed by atoms with E-state index in [0.717, 1.165) is 18.5 Å². The van der Waals surface area contributed by atoms with Gasteiger partial charge in [0, 0.05) is 25.7 Å². The number of hydrogen-bond acceptors (Lipinski definition) is 5. The van der Waals surface area contributed by atoms with E-state index in [1.54, 1.807) is 29.5 Å². The van der Waals surface area contributed by atoms with Crippen LogP contribution in [0.2, 0.25) is 0 Å². The van der Waals surface area contributed by atoms with Gasteiger partial charge in [0.05, 0.1) is 24.7 Å². The van der Waals surface area contributed by atoms with Crippen LogP contribution in [0, 0.1) is 6.92 Å². The second-order valence-electron chi connectivity index (χ2n) is 5.79. The van der Waals surface area contributed by atoms with Gasteiger partial charge in [0.1, 0.15) is 11.5 Å². The van der Waals surface area contributed by atoms with Crippen LogP contribution in [0.15, 0.2) is 35.2 Å². The van der Waals surface area contributed by atoms with E-state index in [4.69, 9.17) is 4.42 Å². The number of unbranched alkanes of at least 4 members (excludes halogenated alkanes) is 1. The summed E-state index contributed by atoms with van der Waals surface area (Å²) in [5, 5.41) is 2.78. The molecule has 0 fully saturated rings. The maximum absolute atomic E-state index is 12.6. The molecule has 0 saturated carbocycles. The molecule has 7 heteroatoms. The van der Waals surface area contributed by atoms with E-state index in [9.17, 15) is 9.59 Å². The van der Waals surface area contributed by atoms with Crippen LogP contribution in [0.25, 0.3) is 0 Å². The monoisotopic (exact) mass is 344 g/mol. The average molecular weight is 344 g/mol. The second-order valence-corrected chi connectivity index (χ2v) is 5.79. The summed E-state index contributed by atoms with van der Waals surface area (Å²) in [6, 6.07) is 3.57. The highest BCUT2D eigenvalue weighted by Gasteiger charge is 2.18. The molecule has 2 aromatic heterocycles. The number of amides is 2. The summed E-state index contributed by atoms with van der Waals surface area (Å²) >= 11 is 0. The van der Waals surface area contributed by atoms with Gasteiger partial charge in [-0.15, -0.1) is 0 Å². The molecule has 0 aromatic carbocycles. The minimum absolute atomic E-state index is 0.124. The summed E-state index contributed by atoms with van der Waals surface area (Å²) < 4.78 is 5.17. The lowest BCUT2D eigenvalue weighted by atomic mass is 10.2. The lowest BCUT2D eigenvalue weighted by Gasteiger charge is -2.21. The van der Waals surface area contributed by atoms with E-state index < -0.39 is 0 Å². The Morgan fingerprint density at radius 3 is 2.72 bits per heavy atom. The predicted octanol–water partition coefficient (Wildman–Crippen LogP) is 2.33. The molecule has 0 aliphatic carbocycles. The molecule has 7 nitrogen and oxygen atoms in total. The molecule has 134 valence electrons. The second kappa shape index (κ2) is 9.56. The molecule has 2 rings (SSSR count). The number of rotatable bonds is 9. The predicted molar refractivity (Wildman–Crippen MR) is 92.8 cm³/mol. The van der Waals surface area contributed by atoms with Gasteiger partial charge in [0.25, 0.3) is 5.91 Å². The van der Waals surface area contributed by atoms with Gasteiger partial charge < -0.3 is 14.6 Å². The Hall–Kier alpha value is -2.70. The normalized spacial score (nSPS) is 10.5. The van der Waals surface area contributed by atoms with Gasteiger partial charge in [-0.05, 0) is 25.5 Å². The number of aromatic nitrogens is 2. The maximum Gasteiger partial charge on any atom is 0.274 e. The smallest absolute Gasteiger partial charge is 0.274 e. The molecular weight excluding hydrogens is 320 g/mol. The molecule has 2 heterocycles. The van der Waals surface area contributed by atoms with Gasteiger partial charge in [-0.3, -0.25) is 14.6 Å². The van der Waals surface area contributed by atoms with Crippen molar-refractivity contribution >= 4 is 11.8 Å². The van der Waals surface area contributed by atoms with E-state index in [2.05, 4.69) is 22.2 Å². The Morgan fingerprint density at radius 1 is 1.24 bits per heavy atom. The number of aryl methyl sites for hydroxylation is 1. The topological polar surface area (TPSA) is 88.3 Å². The van der Waals surface area contributed by atoms with Gasteiger partial charge in [-0.1, -0.05) is 13.3 Å². The van der Waals surface area contributed by atoms with Gasteiger partial charge in [0.15, 0.2) is 0 Å². The number of nitrogens with zero attached hydrogens (tertiary/aromatic N) is 3. The van der Waals surface area contributed by atoms with Crippen molar-refractivity contribution in [1.29, 1.82) is 0 Å². The quantitative estimate of drug-likeness (QED) is 0.754. The fraction of sp³-hybridized carbons (Fsp3) is 0.444. The van der Waals surface area contributed by atoms with Crippen molar-refractivity contribution in [2.45, 2.75) is 39.7 Å². The first-order valence-electron chi connectivity index (χ1n) is 8.47. The van der Waals surface area contributed by atoms with Crippen molar-refractivity contribution < 1.29 is 14.0 Å². The Bertz CT molecular complexity index is 668. The van der Waals surface area contributed by atoms with Crippen molar-refractivity contribution in [3.8, 4) is 0 Å². The van der Waals surface area contributed by atoms with Crippen LogP contribution in [-0.4, -0.2) is 39.8 Å². The molecule has 0 aliphatic heterocycles. The number of hydrogen-bond donors (Lipinski definition) is 1. The third kappa shape index (κ3) is 6.02. The van der Waals surface area contributed by atoms with Crippen LogP contribution < -0.4 is 5.32 Å². The zero-order valence-corrected chi connectivity index (χ0v) is 14.7. The van der Waals surface area contributed by atoms with Gasteiger partial charge in [-0.2, -0.15) is 0 Å². The highest BCUT2D eigenvalue weighted by Crippen LogP contribution is 2.05. The lowest BCUT2D eigenvalue weighted by Crippen LogP contribution is -2.36. The standard InChI is InChI=1S/C18H24N4O3/c1-3-4-8-22(18(24)16-13-19-14(2)11-20-16)9-7-17(23)21-12-15-6-5-10-25-15/h5-6,10-11,13H,3-4,7-9,12H2,1-2H3,(H,21,23). The Labute approximate surface area is 147 Å². The van der Waals surface area contributed by atoms with E-state index in [-0.39, 0.29) is 18.2 Å². The van der Waals surface area contributed by atoms with E-state index in [1.165, 1.54) is 6.20 Å². The molecule has 0 radical (unpaired) electrons. The first kappa shape index (κ1) is 18.6.